The van der Waals surface area contributed by atoms with E-state index in [0.717, 1.165) is 0 Å². The highest BCUT2D eigenvalue weighted by atomic mass is 16.6. The van der Waals surface area contributed by atoms with Crippen molar-refractivity contribution in [3.8, 4) is 17.2 Å². The first-order chi connectivity index (χ1) is 17.6. The summed E-state index contributed by atoms with van der Waals surface area (Å²) in [5, 5.41) is 3.52. The lowest BCUT2D eigenvalue weighted by molar-refractivity contribution is -0.163. The minimum atomic E-state index is -1.65. The molecule has 1 aromatic heterocycles. The number of fused-ring (bicyclic) bond motifs is 1. The highest BCUT2D eigenvalue weighted by molar-refractivity contribution is 6.20. The summed E-state index contributed by atoms with van der Waals surface area (Å²) in [6.07, 6.45) is 2.05. The second kappa shape index (κ2) is 7.37. The number of carbonyl (C=O) groups is 4. The van der Waals surface area contributed by atoms with Crippen LogP contribution in [0.2, 0.25) is 0 Å². The van der Waals surface area contributed by atoms with Gasteiger partial charge in [0.15, 0.2) is 11.5 Å². The van der Waals surface area contributed by atoms with Gasteiger partial charge in [0.1, 0.15) is 5.69 Å². The number of nitrogens with zero attached hydrogens (tertiary/aromatic N) is 1. The van der Waals surface area contributed by atoms with Crippen LogP contribution in [0.15, 0.2) is 35.2 Å². The monoisotopic (exact) mass is 507 g/mol. The third-order valence-corrected chi connectivity index (χ3v) is 7.73. The van der Waals surface area contributed by atoms with Gasteiger partial charge in [-0.25, -0.2) is 0 Å². The molecule has 2 N–H and O–H groups in total. The highest BCUT2D eigenvalue weighted by Crippen LogP contribution is 2.70. The molecule has 11 nitrogen and oxygen atoms in total. The lowest BCUT2D eigenvalue weighted by Gasteiger charge is -2.27. The number of methoxy groups -OCH3 is 3. The molecule has 0 bridgehead atoms. The van der Waals surface area contributed by atoms with Gasteiger partial charge in [0.05, 0.1) is 32.5 Å². The van der Waals surface area contributed by atoms with E-state index in [1.54, 1.807) is 17.0 Å². The highest BCUT2D eigenvalue weighted by Gasteiger charge is 2.72. The Balaban J connectivity index is 1.37. The van der Waals surface area contributed by atoms with Gasteiger partial charge in [-0.3, -0.25) is 19.2 Å². The quantitative estimate of drug-likeness (QED) is 0.581. The molecule has 4 aliphatic rings. The molecule has 2 unspecified atom stereocenters. The number of hydrogen-bond acceptors (Lipinski definition) is 9. The molecule has 2 fully saturated rings. The van der Waals surface area contributed by atoms with Crippen LogP contribution in [-0.2, 0) is 19.1 Å². The first-order valence-electron chi connectivity index (χ1n) is 11.8. The number of aromatic nitrogens is 1. The normalized spacial score (nSPS) is 27.3. The molecule has 2 aliphatic carbocycles. The maximum absolute atomic E-state index is 13.7. The third kappa shape index (κ3) is 2.87. The van der Waals surface area contributed by atoms with Crippen molar-refractivity contribution in [3.05, 3.63) is 40.9 Å². The molecule has 11 heteroatoms. The zero-order valence-corrected chi connectivity index (χ0v) is 20.9. The second-order valence-corrected chi connectivity index (χ2v) is 9.81. The zero-order valence-electron chi connectivity index (χ0n) is 20.9. The Morgan fingerprint density at radius 3 is 2.46 bits per heavy atom. The summed E-state index contributed by atoms with van der Waals surface area (Å²) in [4.78, 5) is 56.6. The summed E-state index contributed by atoms with van der Waals surface area (Å²) in [6.45, 7) is 3.00. The van der Waals surface area contributed by atoms with Gasteiger partial charge in [-0.1, -0.05) is 0 Å². The molecule has 1 amide bonds. The number of carbonyl (C=O) groups excluding carboxylic acids is 4. The van der Waals surface area contributed by atoms with Crippen molar-refractivity contribution in [2.45, 2.75) is 26.0 Å². The van der Waals surface area contributed by atoms with Gasteiger partial charge in [0.25, 0.3) is 5.91 Å². The van der Waals surface area contributed by atoms with Gasteiger partial charge in [0, 0.05) is 48.5 Å². The SMILES string of the molecule is COc1cc2cc(C(=O)N3CC4C[C@@]45C3=CC(=O)C3=C5C(=O)C(C)(OC(C)=O)N3)[nH]c2c(OC)c1OC. The maximum Gasteiger partial charge on any atom is 0.305 e. The number of ketones is 2. The summed E-state index contributed by atoms with van der Waals surface area (Å²) >= 11 is 0. The largest absolute Gasteiger partial charge is 0.493 e. The number of amides is 1. The van der Waals surface area contributed by atoms with Crippen molar-refractivity contribution < 1.29 is 38.1 Å². The van der Waals surface area contributed by atoms with Crippen LogP contribution >= 0.6 is 0 Å². The molecular formula is C26H25N3O8. The smallest absolute Gasteiger partial charge is 0.305 e. The summed E-state index contributed by atoms with van der Waals surface area (Å²) in [7, 11) is 4.51. The van der Waals surface area contributed by atoms with E-state index in [1.807, 2.05) is 0 Å². The van der Waals surface area contributed by atoms with E-state index in [-0.39, 0.29) is 23.2 Å². The molecule has 3 atom stereocenters. The molecule has 192 valence electrons. The fraction of sp³-hybridized carbons (Fsp3) is 0.385. The number of aromatic amines is 1. The molecule has 1 aromatic carbocycles. The van der Waals surface area contributed by atoms with Gasteiger partial charge in [-0.05, 0) is 24.5 Å². The Kier molecular flexibility index (Phi) is 4.61. The Morgan fingerprint density at radius 2 is 1.81 bits per heavy atom. The summed E-state index contributed by atoms with van der Waals surface area (Å²) in [5.74, 6) is -0.652. The van der Waals surface area contributed by atoms with E-state index in [2.05, 4.69) is 10.3 Å². The Labute approximate surface area is 211 Å². The number of nitrogens with one attached hydrogen (secondary N) is 2. The van der Waals surface area contributed by atoms with Gasteiger partial charge < -0.3 is 34.1 Å². The third-order valence-electron chi connectivity index (χ3n) is 7.73. The van der Waals surface area contributed by atoms with Crippen LogP contribution < -0.4 is 19.5 Å². The van der Waals surface area contributed by atoms with Gasteiger partial charge in [-0.15, -0.1) is 0 Å². The van der Waals surface area contributed by atoms with E-state index in [4.69, 9.17) is 18.9 Å². The van der Waals surface area contributed by atoms with Crippen LogP contribution in [0.5, 0.6) is 17.2 Å². The minimum Gasteiger partial charge on any atom is -0.493 e. The lowest BCUT2D eigenvalue weighted by atomic mass is 9.82. The molecule has 2 aliphatic heterocycles. The maximum atomic E-state index is 13.7. The number of rotatable bonds is 5. The summed E-state index contributed by atoms with van der Waals surface area (Å²) < 4.78 is 21.7. The molecule has 1 saturated carbocycles. The number of H-pyrrole nitrogens is 1. The number of ether oxygens (including phenoxy) is 4. The van der Waals surface area contributed by atoms with Crippen LogP contribution in [0.25, 0.3) is 10.9 Å². The number of Topliss-reactive ketones (excluding diaryl/α,β-unsaturated/α-hetero) is 1. The van der Waals surface area contributed by atoms with Crippen molar-refractivity contribution in [1.29, 1.82) is 0 Å². The minimum absolute atomic E-state index is 0.0228. The van der Waals surface area contributed by atoms with E-state index < -0.39 is 28.7 Å². The van der Waals surface area contributed by atoms with Gasteiger partial charge in [0.2, 0.25) is 23.0 Å². The average Bonchev–Trinajstić information content (AvgIpc) is 3.11. The second-order valence-electron chi connectivity index (χ2n) is 9.81. The summed E-state index contributed by atoms with van der Waals surface area (Å²) in [6, 6.07) is 3.43. The number of hydrogen-bond donors (Lipinski definition) is 2. The number of piperidine rings is 1. The Hall–Kier alpha value is -4.28. The molecule has 6 rings (SSSR count). The molecule has 0 radical (unpaired) electrons. The number of esters is 1. The van der Waals surface area contributed by atoms with E-state index >= 15 is 0 Å². The van der Waals surface area contributed by atoms with Crippen molar-refractivity contribution in [1.82, 2.24) is 15.2 Å². The Bertz CT molecular complexity index is 1520. The first-order valence-corrected chi connectivity index (χ1v) is 11.8. The van der Waals surface area contributed by atoms with E-state index in [1.165, 1.54) is 41.3 Å². The Morgan fingerprint density at radius 1 is 1.08 bits per heavy atom. The van der Waals surface area contributed by atoms with Crippen molar-refractivity contribution in [2.24, 2.45) is 11.3 Å². The summed E-state index contributed by atoms with van der Waals surface area (Å²) in [5.41, 5.74) is -0.621. The van der Waals surface area contributed by atoms with Crippen molar-refractivity contribution in [2.75, 3.05) is 27.9 Å². The predicted molar refractivity (Wildman–Crippen MR) is 128 cm³/mol. The standard InChI is InChI=1S/C26H25N3O8/c1-11(30)37-25(2)23(32)18-20(28-25)15(31)8-17-26(18)9-13(26)10-29(17)24(33)14-6-12-7-16(34-3)21(35-4)22(36-5)19(12)27-14/h6-8,13,27-28H,9-10H2,1-5H3/t13?,25?,26-/m0/s1. The first kappa shape index (κ1) is 23.1. The van der Waals surface area contributed by atoms with Crippen LogP contribution in [0.3, 0.4) is 0 Å². The predicted octanol–water partition coefficient (Wildman–Crippen LogP) is 1.83. The fourth-order valence-corrected chi connectivity index (χ4v) is 6.14. The zero-order chi connectivity index (χ0) is 26.4. The van der Waals surface area contributed by atoms with Crippen molar-refractivity contribution >= 4 is 34.3 Å². The van der Waals surface area contributed by atoms with Crippen LogP contribution in [0.4, 0.5) is 0 Å². The molecule has 37 heavy (non-hydrogen) atoms. The topological polar surface area (TPSA) is 136 Å². The lowest BCUT2D eigenvalue weighted by Crippen LogP contribution is -2.48. The molecular weight excluding hydrogens is 482 g/mol. The number of likely N-dealkylation sites (tertiary alicyclic amines) is 1. The number of benzene rings is 1. The molecule has 3 heterocycles. The average molecular weight is 507 g/mol. The van der Waals surface area contributed by atoms with Crippen LogP contribution in [-0.4, -0.2) is 66.9 Å². The van der Waals surface area contributed by atoms with Gasteiger partial charge in [-0.2, -0.15) is 0 Å². The van der Waals surface area contributed by atoms with Gasteiger partial charge >= 0.3 is 5.97 Å². The number of allylic oxidation sites excluding steroid dienone is 2. The van der Waals surface area contributed by atoms with Crippen LogP contribution in [0.1, 0.15) is 30.8 Å². The molecule has 1 saturated heterocycles. The molecule has 2 aromatic rings. The van der Waals surface area contributed by atoms with E-state index in [0.29, 0.717) is 52.4 Å². The van der Waals surface area contributed by atoms with Crippen molar-refractivity contribution in [3.63, 3.8) is 0 Å². The molecule has 1 spiro atoms. The van der Waals surface area contributed by atoms with Crippen LogP contribution in [0, 0.1) is 11.3 Å². The fourth-order valence-electron chi connectivity index (χ4n) is 6.14. The van der Waals surface area contributed by atoms with E-state index in [9.17, 15) is 19.2 Å².